The highest BCUT2D eigenvalue weighted by Crippen LogP contribution is 2.52. The smallest absolute Gasteiger partial charge is 0.325 e. The van der Waals surface area contributed by atoms with Gasteiger partial charge >= 0.3 is 6.18 Å². The minimum atomic E-state index is -4.57. The number of hydrogen-bond donors (Lipinski definition) is 1. The van der Waals surface area contributed by atoms with Crippen molar-refractivity contribution < 1.29 is 27.6 Å². The molecule has 1 saturated heterocycles. The van der Waals surface area contributed by atoms with Gasteiger partial charge in [-0.2, -0.15) is 13.2 Å². The molecule has 4 rings (SSSR count). The molecule has 0 aromatic heterocycles. The minimum Gasteiger partial charge on any atom is -0.325 e. The molecule has 148 valence electrons. The molecule has 0 radical (unpaired) electrons. The van der Waals surface area contributed by atoms with Crippen molar-refractivity contribution in [3.05, 3.63) is 40.9 Å². The van der Waals surface area contributed by atoms with Gasteiger partial charge in [-0.25, -0.2) is 0 Å². The van der Waals surface area contributed by atoms with Gasteiger partial charge in [0, 0.05) is 13.0 Å². The molecule has 2 aliphatic carbocycles. The summed E-state index contributed by atoms with van der Waals surface area (Å²) < 4.78 is 38.4. The lowest BCUT2D eigenvalue weighted by Crippen LogP contribution is -2.35. The molecule has 28 heavy (non-hydrogen) atoms. The van der Waals surface area contributed by atoms with Crippen LogP contribution in [0.15, 0.2) is 30.4 Å². The maximum Gasteiger partial charge on any atom is 0.416 e. The summed E-state index contributed by atoms with van der Waals surface area (Å²) in [5.74, 6) is -1.69. The van der Waals surface area contributed by atoms with Crippen LogP contribution in [0.3, 0.4) is 0 Å². The summed E-state index contributed by atoms with van der Waals surface area (Å²) in [4.78, 5) is 38.4. The summed E-state index contributed by atoms with van der Waals surface area (Å²) in [6.45, 7) is -0.105. The third-order valence-corrected chi connectivity index (χ3v) is 6.02. The SMILES string of the molecule is O=C(CCN1C(=O)[C@@H]2[C@H](C1=O)[C@@H]1C=C[C@@H]2C1)Nc1cc(C(F)(F)F)ccc1Cl. The van der Waals surface area contributed by atoms with Gasteiger partial charge in [-0.05, 0) is 36.5 Å². The standard InChI is InChI=1S/C19H16ClF3N2O3/c20-12-4-3-11(19(21,22)23)8-13(12)24-14(26)5-6-25-17(27)15-9-1-2-10(7-9)16(15)18(25)28/h1-4,8-10,15-16H,5-7H2,(H,24,26)/t9-,10-,15-,16+/m1/s1. The lowest BCUT2D eigenvalue weighted by molar-refractivity contribution is -0.141. The predicted octanol–water partition coefficient (Wildman–Crippen LogP) is 3.49. The van der Waals surface area contributed by atoms with Gasteiger partial charge in [0.2, 0.25) is 17.7 Å². The molecule has 1 aromatic rings. The fraction of sp³-hybridized carbons (Fsp3) is 0.421. The Morgan fingerprint density at radius 2 is 1.75 bits per heavy atom. The van der Waals surface area contributed by atoms with Gasteiger partial charge in [0.25, 0.3) is 0 Å². The van der Waals surface area contributed by atoms with Gasteiger partial charge in [0.15, 0.2) is 0 Å². The van der Waals surface area contributed by atoms with E-state index >= 15 is 0 Å². The number of allylic oxidation sites excluding steroid dienone is 2. The molecule has 9 heteroatoms. The monoisotopic (exact) mass is 412 g/mol. The Bertz CT molecular complexity index is 869. The average Bonchev–Trinajstić information content (AvgIpc) is 3.29. The van der Waals surface area contributed by atoms with Gasteiger partial charge in [0.05, 0.1) is 28.1 Å². The van der Waals surface area contributed by atoms with Gasteiger partial charge in [-0.15, -0.1) is 0 Å². The number of anilines is 1. The normalized spacial score (nSPS) is 28.2. The molecule has 2 fully saturated rings. The predicted molar refractivity (Wildman–Crippen MR) is 94.1 cm³/mol. The molecular formula is C19H16ClF3N2O3. The molecule has 1 aliphatic heterocycles. The van der Waals surface area contributed by atoms with E-state index in [1.54, 1.807) is 0 Å². The molecule has 3 aliphatic rings. The second kappa shape index (κ2) is 6.62. The van der Waals surface area contributed by atoms with Crippen LogP contribution in [0.4, 0.5) is 18.9 Å². The van der Waals surface area contributed by atoms with Crippen LogP contribution in [-0.2, 0) is 20.6 Å². The van der Waals surface area contributed by atoms with Crippen LogP contribution in [0.2, 0.25) is 5.02 Å². The maximum atomic E-state index is 12.8. The molecule has 1 N–H and O–H groups in total. The zero-order chi connectivity index (χ0) is 20.2. The number of carbonyl (C=O) groups is 3. The number of alkyl halides is 3. The largest absolute Gasteiger partial charge is 0.416 e. The number of hydrogen-bond acceptors (Lipinski definition) is 3. The molecule has 5 nitrogen and oxygen atoms in total. The highest BCUT2D eigenvalue weighted by Gasteiger charge is 2.59. The molecule has 4 atom stereocenters. The van der Waals surface area contributed by atoms with Crippen molar-refractivity contribution >= 4 is 35.0 Å². The van der Waals surface area contributed by atoms with E-state index < -0.39 is 17.6 Å². The summed E-state index contributed by atoms with van der Waals surface area (Å²) in [6.07, 6.45) is -0.0171. The van der Waals surface area contributed by atoms with E-state index in [1.807, 2.05) is 12.2 Å². The number of halogens is 4. The number of carbonyl (C=O) groups excluding carboxylic acids is 3. The quantitative estimate of drug-likeness (QED) is 0.608. The van der Waals surface area contributed by atoms with Crippen LogP contribution < -0.4 is 5.32 Å². The molecular weight excluding hydrogens is 397 g/mol. The van der Waals surface area contributed by atoms with Gasteiger partial charge < -0.3 is 5.32 Å². The van der Waals surface area contributed by atoms with Crippen LogP contribution in [-0.4, -0.2) is 29.2 Å². The number of likely N-dealkylation sites (tertiary alicyclic amines) is 1. The van der Waals surface area contributed by atoms with E-state index in [4.69, 9.17) is 11.6 Å². The van der Waals surface area contributed by atoms with E-state index in [0.717, 1.165) is 29.5 Å². The minimum absolute atomic E-state index is 0.0353. The Balaban J connectivity index is 1.39. The molecule has 2 bridgehead atoms. The topological polar surface area (TPSA) is 66.5 Å². The number of benzene rings is 1. The Morgan fingerprint density at radius 3 is 2.32 bits per heavy atom. The highest BCUT2D eigenvalue weighted by molar-refractivity contribution is 6.33. The summed E-state index contributed by atoms with van der Waals surface area (Å²) in [6, 6.07) is 2.62. The van der Waals surface area contributed by atoms with Gasteiger partial charge in [-0.3, -0.25) is 19.3 Å². The Kier molecular flexibility index (Phi) is 4.49. The maximum absolute atomic E-state index is 12.8. The molecule has 0 unspecified atom stereocenters. The third-order valence-electron chi connectivity index (χ3n) is 5.69. The molecule has 1 saturated carbocycles. The van der Waals surface area contributed by atoms with Crippen molar-refractivity contribution in [1.29, 1.82) is 0 Å². The zero-order valence-corrected chi connectivity index (χ0v) is 15.3. The second-order valence-electron chi connectivity index (χ2n) is 7.32. The first kappa shape index (κ1) is 19.0. The molecule has 3 amide bonds. The van der Waals surface area contributed by atoms with Crippen LogP contribution in [0, 0.1) is 23.7 Å². The van der Waals surface area contributed by atoms with E-state index in [9.17, 15) is 27.6 Å². The Labute approximate surface area is 163 Å². The van der Waals surface area contributed by atoms with Gasteiger partial charge in [0.1, 0.15) is 0 Å². The van der Waals surface area contributed by atoms with Crippen LogP contribution >= 0.6 is 11.6 Å². The van der Waals surface area contributed by atoms with Crippen molar-refractivity contribution in [2.75, 3.05) is 11.9 Å². The van der Waals surface area contributed by atoms with Crippen LogP contribution in [0.1, 0.15) is 18.4 Å². The summed E-state index contributed by atoms with van der Waals surface area (Å²) in [7, 11) is 0. The first-order valence-electron chi connectivity index (χ1n) is 8.87. The van der Waals surface area contributed by atoms with E-state index in [2.05, 4.69) is 5.32 Å². The van der Waals surface area contributed by atoms with Crippen LogP contribution in [0.5, 0.6) is 0 Å². The lowest BCUT2D eigenvalue weighted by Gasteiger charge is -2.17. The average molecular weight is 413 g/mol. The second-order valence-corrected chi connectivity index (χ2v) is 7.73. The Morgan fingerprint density at radius 1 is 1.14 bits per heavy atom. The van der Waals surface area contributed by atoms with Crippen LogP contribution in [0.25, 0.3) is 0 Å². The number of imide groups is 1. The van der Waals surface area contributed by atoms with Gasteiger partial charge in [-0.1, -0.05) is 23.8 Å². The first-order chi connectivity index (χ1) is 13.2. The zero-order valence-electron chi connectivity index (χ0n) is 14.5. The van der Waals surface area contributed by atoms with E-state index in [1.165, 1.54) is 0 Å². The van der Waals surface area contributed by atoms with Crippen molar-refractivity contribution in [2.24, 2.45) is 23.7 Å². The van der Waals surface area contributed by atoms with Crippen molar-refractivity contribution in [2.45, 2.75) is 19.0 Å². The number of nitrogens with one attached hydrogen (secondary N) is 1. The van der Waals surface area contributed by atoms with Crippen molar-refractivity contribution in [1.82, 2.24) is 4.90 Å². The number of fused-ring (bicyclic) bond motifs is 5. The fourth-order valence-electron chi connectivity index (χ4n) is 4.41. The molecule has 1 aromatic carbocycles. The highest BCUT2D eigenvalue weighted by atomic mass is 35.5. The number of rotatable bonds is 4. The van der Waals surface area contributed by atoms with E-state index in [-0.39, 0.29) is 59.2 Å². The van der Waals surface area contributed by atoms with Crippen molar-refractivity contribution in [3.8, 4) is 0 Å². The molecule has 1 heterocycles. The first-order valence-corrected chi connectivity index (χ1v) is 9.25. The summed E-state index contributed by atoms with van der Waals surface area (Å²) >= 11 is 5.86. The number of amides is 3. The summed E-state index contributed by atoms with van der Waals surface area (Å²) in [5.41, 5.74) is -1.10. The third kappa shape index (κ3) is 3.09. The fourth-order valence-corrected chi connectivity index (χ4v) is 4.57. The lowest BCUT2D eigenvalue weighted by atomic mass is 9.85. The molecule has 0 spiro atoms. The Hall–Kier alpha value is -2.35. The van der Waals surface area contributed by atoms with E-state index in [0.29, 0.717) is 0 Å². The van der Waals surface area contributed by atoms with Crippen molar-refractivity contribution in [3.63, 3.8) is 0 Å². The summed E-state index contributed by atoms with van der Waals surface area (Å²) in [5, 5.41) is 2.29. The number of nitrogens with zero attached hydrogens (tertiary/aromatic N) is 1.